The van der Waals surface area contributed by atoms with Gasteiger partial charge in [0.15, 0.2) is 17.3 Å². The quantitative estimate of drug-likeness (QED) is 0.762. The molecule has 1 aromatic heterocycles. The Hall–Kier alpha value is -1.31. The summed E-state index contributed by atoms with van der Waals surface area (Å²) in [5.74, 6) is 2.29. The van der Waals surface area contributed by atoms with Crippen LogP contribution in [0.3, 0.4) is 0 Å². The third-order valence-electron chi connectivity index (χ3n) is 4.04. The molecule has 6 nitrogen and oxygen atoms in total. The highest BCUT2D eigenvalue weighted by Gasteiger charge is 2.39. The molecule has 0 atom stereocenters. The van der Waals surface area contributed by atoms with Gasteiger partial charge in [-0.2, -0.15) is 4.98 Å². The summed E-state index contributed by atoms with van der Waals surface area (Å²) in [6.07, 6.45) is 3.80. The molecule has 24 heavy (non-hydrogen) atoms. The Balaban J connectivity index is 0.00000208. The minimum Gasteiger partial charge on any atom is -0.493 e. The molecular formula is C16H21BrClN3O3. The summed E-state index contributed by atoms with van der Waals surface area (Å²) >= 11 is 3.52. The van der Waals surface area contributed by atoms with Crippen LogP contribution < -0.4 is 15.2 Å². The number of rotatable bonds is 6. The first-order valence-electron chi connectivity index (χ1n) is 7.71. The first kappa shape index (κ1) is 19.0. The molecule has 0 unspecified atom stereocenters. The summed E-state index contributed by atoms with van der Waals surface area (Å²) < 4.78 is 17.3. The van der Waals surface area contributed by atoms with Gasteiger partial charge in [-0.25, -0.2) is 0 Å². The van der Waals surface area contributed by atoms with Gasteiger partial charge in [-0.3, -0.25) is 0 Å². The number of halogens is 2. The van der Waals surface area contributed by atoms with E-state index in [0.29, 0.717) is 29.8 Å². The second-order valence-electron chi connectivity index (χ2n) is 5.77. The van der Waals surface area contributed by atoms with E-state index in [1.165, 1.54) is 0 Å². The van der Waals surface area contributed by atoms with Crippen LogP contribution in [0.15, 0.2) is 21.1 Å². The van der Waals surface area contributed by atoms with Gasteiger partial charge < -0.3 is 19.7 Å². The van der Waals surface area contributed by atoms with Gasteiger partial charge in [0.2, 0.25) is 0 Å². The van der Waals surface area contributed by atoms with Crippen LogP contribution in [0.25, 0.3) is 11.5 Å². The van der Waals surface area contributed by atoms with Crippen molar-refractivity contribution in [2.45, 2.75) is 38.1 Å². The maximum atomic E-state index is 6.24. The average molecular weight is 419 g/mol. The lowest BCUT2D eigenvalue weighted by atomic mass is 9.77. The molecular weight excluding hydrogens is 398 g/mol. The van der Waals surface area contributed by atoms with Gasteiger partial charge in [-0.05, 0) is 53.7 Å². The molecule has 1 saturated carbocycles. The summed E-state index contributed by atoms with van der Waals surface area (Å²) in [6.45, 7) is 2.67. The maximum absolute atomic E-state index is 6.24. The minimum absolute atomic E-state index is 0. The van der Waals surface area contributed by atoms with Crippen LogP contribution in [0.4, 0.5) is 0 Å². The summed E-state index contributed by atoms with van der Waals surface area (Å²) in [5, 5.41) is 4.05. The van der Waals surface area contributed by atoms with E-state index in [-0.39, 0.29) is 12.4 Å². The van der Waals surface area contributed by atoms with Crippen molar-refractivity contribution in [3.63, 3.8) is 0 Å². The Morgan fingerprint density at radius 2 is 2.12 bits per heavy atom. The highest BCUT2D eigenvalue weighted by Crippen LogP contribution is 2.41. The molecule has 1 aliphatic rings. The zero-order valence-corrected chi connectivity index (χ0v) is 16.1. The second kappa shape index (κ2) is 7.72. The van der Waals surface area contributed by atoms with Gasteiger partial charge in [-0.15, -0.1) is 12.4 Å². The third kappa shape index (κ3) is 3.53. The number of methoxy groups -OCH3 is 1. The van der Waals surface area contributed by atoms with Crippen LogP contribution >= 0.6 is 28.3 Å². The zero-order valence-electron chi connectivity index (χ0n) is 13.7. The van der Waals surface area contributed by atoms with Gasteiger partial charge in [0.1, 0.15) is 0 Å². The molecule has 132 valence electrons. The summed E-state index contributed by atoms with van der Waals surface area (Å²) in [5.41, 5.74) is 6.57. The normalized spacial score (nSPS) is 15.3. The number of aromatic nitrogens is 2. The van der Waals surface area contributed by atoms with Crippen LogP contribution in [-0.4, -0.2) is 23.9 Å². The predicted molar refractivity (Wildman–Crippen MR) is 96.7 cm³/mol. The first-order valence-corrected chi connectivity index (χ1v) is 8.50. The number of nitrogens with zero attached hydrogens (tertiary/aromatic N) is 2. The van der Waals surface area contributed by atoms with Crippen molar-refractivity contribution in [1.82, 2.24) is 10.1 Å². The number of benzene rings is 1. The Bertz CT molecular complexity index is 704. The van der Waals surface area contributed by atoms with E-state index < -0.39 is 5.54 Å². The Labute approximate surface area is 155 Å². The average Bonchev–Trinajstić information content (AvgIpc) is 3.01. The molecule has 2 N–H and O–H groups in total. The van der Waals surface area contributed by atoms with Gasteiger partial charge >= 0.3 is 0 Å². The van der Waals surface area contributed by atoms with Crippen molar-refractivity contribution in [2.24, 2.45) is 5.73 Å². The van der Waals surface area contributed by atoms with E-state index in [2.05, 4.69) is 33.0 Å². The van der Waals surface area contributed by atoms with Crippen LogP contribution in [0.2, 0.25) is 0 Å². The van der Waals surface area contributed by atoms with Gasteiger partial charge in [0.25, 0.3) is 5.89 Å². The smallest absolute Gasteiger partial charge is 0.258 e. The Kier molecular flexibility index (Phi) is 6.11. The molecule has 0 spiro atoms. The van der Waals surface area contributed by atoms with E-state index in [1.54, 1.807) is 7.11 Å². The van der Waals surface area contributed by atoms with E-state index in [1.807, 2.05) is 12.1 Å². The zero-order chi connectivity index (χ0) is 16.4. The molecule has 0 radical (unpaired) electrons. The SMILES string of the molecule is CCCOc1c(Br)cc(-c2nc(C3(N)CCC3)no2)cc1OC.Cl. The van der Waals surface area contributed by atoms with Gasteiger partial charge in [0.05, 0.1) is 23.7 Å². The monoisotopic (exact) mass is 417 g/mol. The minimum atomic E-state index is -0.437. The molecule has 0 saturated heterocycles. The topological polar surface area (TPSA) is 83.4 Å². The Morgan fingerprint density at radius 1 is 1.38 bits per heavy atom. The molecule has 8 heteroatoms. The molecule has 2 aromatic rings. The van der Waals surface area contributed by atoms with Crippen molar-refractivity contribution in [3.8, 4) is 23.0 Å². The second-order valence-corrected chi connectivity index (χ2v) is 6.63. The van der Waals surface area contributed by atoms with Crippen LogP contribution in [-0.2, 0) is 5.54 Å². The van der Waals surface area contributed by atoms with E-state index >= 15 is 0 Å². The van der Waals surface area contributed by atoms with Gasteiger partial charge in [-0.1, -0.05) is 12.1 Å². The number of hydrogen-bond donors (Lipinski definition) is 1. The van der Waals surface area contributed by atoms with Crippen molar-refractivity contribution >= 4 is 28.3 Å². The number of nitrogens with two attached hydrogens (primary N) is 1. The molecule has 0 bridgehead atoms. The maximum Gasteiger partial charge on any atom is 0.258 e. The van der Waals surface area contributed by atoms with Crippen LogP contribution in [0, 0.1) is 0 Å². The van der Waals surface area contributed by atoms with Crippen LogP contribution in [0.1, 0.15) is 38.4 Å². The van der Waals surface area contributed by atoms with E-state index in [4.69, 9.17) is 19.7 Å². The lowest BCUT2D eigenvalue weighted by Crippen LogP contribution is -2.44. The molecule has 1 heterocycles. The lowest BCUT2D eigenvalue weighted by Gasteiger charge is -2.34. The van der Waals surface area contributed by atoms with Crippen molar-refractivity contribution in [2.75, 3.05) is 13.7 Å². The van der Waals surface area contributed by atoms with Crippen molar-refractivity contribution in [1.29, 1.82) is 0 Å². The van der Waals surface area contributed by atoms with E-state index in [9.17, 15) is 0 Å². The summed E-state index contributed by atoms with van der Waals surface area (Å²) in [7, 11) is 1.60. The molecule has 0 aliphatic heterocycles. The molecule has 1 fully saturated rings. The molecule has 3 rings (SSSR count). The standard InChI is InChI=1S/C16H20BrN3O3.ClH/c1-3-7-22-13-11(17)8-10(9-12(13)21-2)14-19-15(20-23-14)16(18)5-4-6-16;/h8-9H,3-7,18H2,1-2H3;1H. The highest BCUT2D eigenvalue weighted by molar-refractivity contribution is 9.10. The van der Waals surface area contributed by atoms with Gasteiger partial charge in [0, 0.05) is 5.56 Å². The molecule has 0 amide bonds. The number of hydrogen-bond acceptors (Lipinski definition) is 6. The first-order chi connectivity index (χ1) is 11.1. The Morgan fingerprint density at radius 3 is 2.71 bits per heavy atom. The van der Waals surface area contributed by atoms with Crippen LogP contribution in [0.5, 0.6) is 11.5 Å². The number of ether oxygens (including phenoxy) is 2. The van der Waals surface area contributed by atoms with E-state index in [0.717, 1.165) is 35.7 Å². The largest absolute Gasteiger partial charge is 0.493 e. The fourth-order valence-electron chi connectivity index (χ4n) is 2.51. The highest BCUT2D eigenvalue weighted by atomic mass is 79.9. The van der Waals surface area contributed by atoms with Crippen molar-refractivity contribution in [3.05, 3.63) is 22.4 Å². The molecule has 1 aliphatic carbocycles. The fraction of sp³-hybridized carbons (Fsp3) is 0.500. The summed E-state index contributed by atoms with van der Waals surface area (Å²) in [6, 6.07) is 3.71. The summed E-state index contributed by atoms with van der Waals surface area (Å²) in [4.78, 5) is 4.46. The molecule has 1 aromatic carbocycles. The van der Waals surface area contributed by atoms with Crippen molar-refractivity contribution < 1.29 is 14.0 Å². The third-order valence-corrected chi connectivity index (χ3v) is 4.63. The predicted octanol–water partition coefficient (Wildman–Crippen LogP) is 4.06. The fourth-order valence-corrected chi connectivity index (χ4v) is 3.07. The lowest BCUT2D eigenvalue weighted by molar-refractivity contribution is 0.229.